The van der Waals surface area contributed by atoms with Crippen molar-refractivity contribution in [2.24, 2.45) is 0 Å². The number of carbonyl (C=O) groups excluding carboxylic acids is 2. The highest BCUT2D eigenvalue weighted by molar-refractivity contribution is 5.87. The van der Waals surface area contributed by atoms with Crippen LogP contribution in [0.3, 0.4) is 0 Å². The fourth-order valence-electron chi connectivity index (χ4n) is 2.36. The zero-order chi connectivity index (χ0) is 17.0. The van der Waals surface area contributed by atoms with Gasteiger partial charge in [-0.15, -0.1) is 0 Å². The molecule has 6 heteroatoms. The average molecular weight is 315 g/mol. The Kier molecular flexibility index (Phi) is 5.16. The Bertz CT molecular complexity index is 734. The minimum absolute atomic E-state index is 0.0440. The Hall–Kier alpha value is -2.63. The highest BCUT2D eigenvalue weighted by atomic mass is 16.5. The molecule has 1 aromatic heterocycles. The van der Waals surface area contributed by atoms with Crippen molar-refractivity contribution in [3.8, 4) is 0 Å². The van der Waals surface area contributed by atoms with Gasteiger partial charge in [-0.1, -0.05) is 18.7 Å². The molecule has 1 atom stereocenters. The fourth-order valence-corrected chi connectivity index (χ4v) is 2.36. The first kappa shape index (κ1) is 16.7. The summed E-state index contributed by atoms with van der Waals surface area (Å²) in [4.78, 5) is 28.1. The summed E-state index contributed by atoms with van der Waals surface area (Å²) in [6.45, 7) is 8.90. The Morgan fingerprint density at radius 1 is 1.35 bits per heavy atom. The Balaban J connectivity index is 2.38. The lowest BCUT2D eigenvalue weighted by atomic mass is 10.3. The third kappa shape index (κ3) is 3.97. The molecule has 0 saturated carbocycles. The van der Waals surface area contributed by atoms with Gasteiger partial charge >= 0.3 is 5.97 Å². The van der Waals surface area contributed by atoms with Crippen LogP contribution in [0.1, 0.15) is 32.6 Å². The largest absolute Gasteiger partial charge is 0.462 e. The summed E-state index contributed by atoms with van der Waals surface area (Å²) in [5, 5.41) is 2.77. The number of para-hydroxylation sites is 2. The van der Waals surface area contributed by atoms with Crippen molar-refractivity contribution >= 4 is 22.9 Å². The molecule has 122 valence electrons. The molecular formula is C17H21N3O3. The van der Waals surface area contributed by atoms with Gasteiger partial charge in [0.25, 0.3) is 0 Å². The normalized spacial score (nSPS) is 12.2. The van der Waals surface area contributed by atoms with Gasteiger partial charge in [-0.3, -0.25) is 9.59 Å². The molecule has 1 heterocycles. The Labute approximate surface area is 135 Å². The van der Waals surface area contributed by atoms with Crippen LogP contribution in [0.5, 0.6) is 0 Å². The van der Waals surface area contributed by atoms with E-state index in [1.165, 1.54) is 6.08 Å². The number of hydrogen-bond donors (Lipinski definition) is 1. The molecule has 6 nitrogen and oxygen atoms in total. The van der Waals surface area contributed by atoms with Crippen LogP contribution in [-0.2, 0) is 20.9 Å². The van der Waals surface area contributed by atoms with Crippen molar-refractivity contribution in [1.29, 1.82) is 0 Å². The van der Waals surface area contributed by atoms with Crippen molar-refractivity contribution in [3.63, 3.8) is 0 Å². The van der Waals surface area contributed by atoms with E-state index in [0.717, 1.165) is 11.0 Å². The summed E-state index contributed by atoms with van der Waals surface area (Å²) in [5.41, 5.74) is 1.59. The van der Waals surface area contributed by atoms with E-state index in [2.05, 4.69) is 16.9 Å². The standard InChI is InChI=1S/C17H21N3O3/c1-5-15(21)18-12(4)17-19-13-8-6-7-9-14(13)20(17)10-16(22)23-11(2)3/h5-9,11-12H,1,10H2,2-4H3,(H,18,21). The molecule has 2 aromatic rings. The first-order chi connectivity index (χ1) is 10.9. The van der Waals surface area contributed by atoms with E-state index < -0.39 is 0 Å². The lowest BCUT2D eigenvalue weighted by molar-refractivity contribution is -0.148. The number of carbonyl (C=O) groups is 2. The molecular weight excluding hydrogens is 294 g/mol. The molecule has 0 radical (unpaired) electrons. The summed E-state index contributed by atoms with van der Waals surface area (Å²) in [5.74, 6) is -0.0328. The van der Waals surface area contributed by atoms with Crippen LogP contribution in [0.2, 0.25) is 0 Å². The van der Waals surface area contributed by atoms with E-state index >= 15 is 0 Å². The van der Waals surface area contributed by atoms with E-state index in [1.54, 1.807) is 18.4 Å². The number of fused-ring (bicyclic) bond motifs is 1. The van der Waals surface area contributed by atoms with Gasteiger partial charge in [-0.2, -0.15) is 0 Å². The molecule has 1 amide bonds. The Morgan fingerprint density at radius 3 is 2.70 bits per heavy atom. The van der Waals surface area contributed by atoms with Crippen LogP contribution in [0, 0.1) is 0 Å². The number of ether oxygens (including phenoxy) is 1. The third-order valence-electron chi connectivity index (χ3n) is 3.27. The average Bonchev–Trinajstić information content (AvgIpc) is 2.85. The van der Waals surface area contributed by atoms with Crippen molar-refractivity contribution in [1.82, 2.24) is 14.9 Å². The van der Waals surface area contributed by atoms with Crippen LogP contribution in [0.25, 0.3) is 11.0 Å². The topological polar surface area (TPSA) is 73.2 Å². The van der Waals surface area contributed by atoms with E-state index in [-0.39, 0.29) is 30.6 Å². The van der Waals surface area contributed by atoms with Crippen LogP contribution in [-0.4, -0.2) is 27.5 Å². The summed E-state index contributed by atoms with van der Waals surface area (Å²) < 4.78 is 6.99. The Morgan fingerprint density at radius 2 is 2.04 bits per heavy atom. The number of amides is 1. The van der Waals surface area contributed by atoms with Crippen LogP contribution >= 0.6 is 0 Å². The van der Waals surface area contributed by atoms with Gasteiger partial charge < -0.3 is 14.6 Å². The third-order valence-corrected chi connectivity index (χ3v) is 3.27. The summed E-state index contributed by atoms with van der Waals surface area (Å²) in [6.07, 6.45) is 1.02. The molecule has 2 rings (SSSR count). The first-order valence-electron chi connectivity index (χ1n) is 7.50. The maximum atomic E-state index is 12.0. The van der Waals surface area contributed by atoms with Crippen LogP contribution in [0.4, 0.5) is 0 Å². The molecule has 0 spiro atoms. The molecule has 0 aliphatic heterocycles. The minimum atomic E-state index is -0.361. The predicted molar refractivity (Wildman–Crippen MR) is 87.7 cm³/mol. The lowest BCUT2D eigenvalue weighted by Gasteiger charge is -2.16. The number of benzene rings is 1. The molecule has 0 saturated heterocycles. The second-order valence-corrected chi connectivity index (χ2v) is 5.52. The van der Waals surface area contributed by atoms with Gasteiger partial charge in [0.2, 0.25) is 5.91 Å². The van der Waals surface area contributed by atoms with Crippen LogP contribution in [0.15, 0.2) is 36.9 Å². The quantitative estimate of drug-likeness (QED) is 0.656. The number of rotatable bonds is 6. The zero-order valence-electron chi connectivity index (χ0n) is 13.6. The van der Waals surface area contributed by atoms with Gasteiger partial charge in [0, 0.05) is 0 Å². The maximum Gasteiger partial charge on any atom is 0.326 e. The SMILES string of the molecule is C=CC(=O)NC(C)c1nc2ccccc2n1CC(=O)OC(C)C. The van der Waals surface area contributed by atoms with Gasteiger partial charge in [0.1, 0.15) is 12.4 Å². The van der Waals surface area contributed by atoms with Gasteiger partial charge in [0.05, 0.1) is 23.2 Å². The van der Waals surface area contributed by atoms with E-state index in [4.69, 9.17) is 4.74 Å². The number of esters is 1. The molecule has 23 heavy (non-hydrogen) atoms. The number of nitrogens with zero attached hydrogens (tertiary/aromatic N) is 2. The van der Waals surface area contributed by atoms with E-state index in [0.29, 0.717) is 5.82 Å². The molecule has 0 fully saturated rings. The minimum Gasteiger partial charge on any atom is -0.462 e. The molecule has 1 unspecified atom stereocenters. The van der Waals surface area contributed by atoms with E-state index in [1.807, 2.05) is 31.2 Å². The lowest BCUT2D eigenvalue weighted by Crippen LogP contribution is -2.28. The molecule has 0 aliphatic carbocycles. The van der Waals surface area contributed by atoms with Gasteiger partial charge in [0.15, 0.2) is 0 Å². The number of aromatic nitrogens is 2. The monoisotopic (exact) mass is 315 g/mol. The second kappa shape index (κ2) is 7.09. The maximum absolute atomic E-state index is 12.0. The smallest absolute Gasteiger partial charge is 0.326 e. The molecule has 1 aromatic carbocycles. The van der Waals surface area contributed by atoms with Crippen molar-refractivity contribution < 1.29 is 14.3 Å². The zero-order valence-corrected chi connectivity index (χ0v) is 13.6. The first-order valence-corrected chi connectivity index (χ1v) is 7.50. The van der Waals surface area contributed by atoms with E-state index in [9.17, 15) is 9.59 Å². The van der Waals surface area contributed by atoms with Crippen LogP contribution < -0.4 is 5.32 Å². The summed E-state index contributed by atoms with van der Waals surface area (Å²) >= 11 is 0. The number of imidazole rings is 1. The molecule has 0 aliphatic rings. The fraction of sp³-hybridized carbons (Fsp3) is 0.353. The van der Waals surface area contributed by atoms with Gasteiger partial charge in [-0.05, 0) is 39.0 Å². The summed E-state index contributed by atoms with van der Waals surface area (Å²) in [7, 11) is 0. The van der Waals surface area contributed by atoms with Crippen molar-refractivity contribution in [2.45, 2.75) is 39.5 Å². The van der Waals surface area contributed by atoms with Crippen molar-refractivity contribution in [3.05, 3.63) is 42.7 Å². The van der Waals surface area contributed by atoms with Gasteiger partial charge in [-0.25, -0.2) is 4.98 Å². The highest BCUT2D eigenvalue weighted by Crippen LogP contribution is 2.21. The highest BCUT2D eigenvalue weighted by Gasteiger charge is 2.20. The summed E-state index contributed by atoms with van der Waals surface area (Å²) in [6, 6.07) is 7.15. The number of nitrogens with one attached hydrogen (secondary N) is 1. The van der Waals surface area contributed by atoms with Crippen molar-refractivity contribution in [2.75, 3.05) is 0 Å². The molecule has 1 N–H and O–H groups in total. The second-order valence-electron chi connectivity index (χ2n) is 5.52. The molecule has 0 bridgehead atoms. The predicted octanol–water partition coefficient (Wildman–Crippen LogP) is 2.35. The number of hydrogen-bond acceptors (Lipinski definition) is 4.